The minimum atomic E-state index is -1.05. The van der Waals surface area contributed by atoms with Gasteiger partial charge < -0.3 is 19.9 Å². The molecule has 6 heteroatoms. The molecule has 0 aromatic heterocycles. The molecule has 0 atom stereocenters. The van der Waals surface area contributed by atoms with Gasteiger partial charge in [-0.15, -0.1) is 0 Å². The topological polar surface area (TPSA) is 67.8 Å². The fraction of sp³-hybridized carbons (Fsp3) is 0.0714. The minimum Gasteiger partial charge on any atom is -0.478 e. The maximum Gasteiger partial charge on any atom is 0.337 e. The van der Waals surface area contributed by atoms with Crippen molar-refractivity contribution >= 4 is 28.9 Å². The van der Waals surface area contributed by atoms with E-state index in [1.807, 2.05) is 0 Å². The quantitative estimate of drug-likeness (QED) is 0.906. The number of carboxylic acids is 1. The van der Waals surface area contributed by atoms with Crippen molar-refractivity contribution in [3.8, 4) is 11.5 Å². The number of hydrogen-bond donors (Lipinski definition) is 2. The van der Waals surface area contributed by atoms with Crippen LogP contribution in [0.3, 0.4) is 0 Å². The van der Waals surface area contributed by atoms with Crippen LogP contribution in [0, 0.1) is 0 Å². The number of ether oxygens (including phenoxy) is 2. The molecule has 1 heterocycles. The Morgan fingerprint density at radius 2 is 2.00 bits per heavy atom. The van der Waals surface area contributed by atoms with Crippen molar-refractivity contribution in [1.82, 2.24) is 0 Å². The molecule has 0 spiro atoms. The molecule has 3 rings (SSSR count). The highest BCUT2D eigenvalue weighted by molar-refractivity contribution is 6.34. The van der Waals surface area contributed by atoms with Gasteiger partial charge in [0.2, 0.25) is 6.79 Å². The van der Waals surface area contributed by atoms with E-state index in [1.54, 1.807) is 30.3 Å². The minimum absolute atomic E-state index is 0.107. The van der Waals surface area contributed by atoms with Gasteiger partial charge in [0.15, 0.2) is 11.5 Å². The largest absolute Gasteiger partial charge is 0.478 e. The van der Waals surface area contributed by atoms with Crippen LogP contribution >= 0.6 is 11.6 Å². The Hall–Kier alpha value is -2.40. The first kappa shape index (κ1) is 12.6. The van der Waals surface area contributed by atoms with Crippen LogP contribution in [0.1, 0.15) is 10.4 Å². The van der Waals surface area contributed by atoms with Gasteiger partial charge in [0.1, 0.15) is 0 Å². The van der Waals surface area contributed by atoms with Gasteiger partial charge in [-0.25, -0.2) is 4.79 Å². The van der Waals surface area contributed by atoms with E-state index in [0.717, 1.165) is 0 Å². The summed E-state index contributed by atoms with van der Waals surface area (Å²) < 4.78 is 10.5. The second kappa shape index (κ2) is 4.94. The number of rotatable bonds is 3. The average molecular weight is 292 g/mol. The number of fused-ring (bicyclic) bond motifs is 1. The van der Waals surface area contributed by atoms with E-state index in [1.165, 1.54) is 6.07 Å². The summed E-state index contributed by atoms with van der Waals surface area (Å²) in [6.45, 7) is 0.186. The fourth-order valence-corrected chi connectivity index (χ4v) is 2.17. The lowest BCUT2D eigenvalue weighted by molar-refractivity contribution is 0.0698. The lowest BCUT2D eigenvalue weighted by Gasteiger charge is -2.11. The van der Waals surface area contributed by atoms with Gasteiger partial charge in [-0.3, -0.25) is 0 Å². The van der Waals surface area contributed by atoms with Gasteiger partial charge in [0.25, 0.3) is 0 Å². The normalized spacial score (nSPS) is 12.2. The van der Waals surface area contributed by atoms with Crippen molar-refractivity contribution in [3.05, 3.63) is 47.0 Å². The number of halogens is 1. The molecule has 5 nitrogen and oxygen atoms in total. The lowest BCUT2D eigenvalue weighted by Crippen LogP contribution is -2.03. The summed E-state index contributed by atoms with van der Waals surface area (Å²) in [5.41, 5.74) is 1.13. The summed E-state index contributed by atoms with van der Waals surface area (Å²) in [5, 5.41) is 12.5. The molecular weight excluding hydrogens is 282 g/mol. The summed E-state index contributed by atoms with van der Waals surface area (Å²) in [4.78, 5) is 11.2. The first-order valence-corrected chi connectivity index (χ1v) is 6.21. The summed E-state index contributed by atoms with van der Waals surface area (Å²) in [5.74, 6) is 0.225. The van der Waals surface area contributed by atoms with Gasteiger partial charge in [-0.2, -0.15) is 0 Å². The monoisotopic (exact) mass is 291 g/mol. The highest BCUT2D eigenvalue weighted by atomic mass is 35.5. The fourth-order valence-electron chi connectivity index (χ4n) is 1.95. The molecule has 0 saturated carbocycles. The smallest absolute Gasteiger partial charge is 0.337 e. The third kappa shape index (κ3) is 2.23. The van der Waals surface area contributed by atoms with Gasteiger partial charge in [-0.05, 0) is 24.3 Å². The average Bonchev–Trinajstić information content (AvgIpc) is 2.88. The number of benzene rings is 2. The number of hydrogen-bond acceptors (Lipinski definition) is 4. The Morgan fingerprint density at radius 1 is 1.20 bits per heavy atom. The first-order valence-electron chi connectivity index (χ1n) is 5.83. The number of carbonyl (C=O) groups is 1. The van der Waals surface area contributed by atoms with Crippen LogP contribution in [-0.2, 0) is 0 Å². The van der Waals surface area contributed by atoms with Gasteiger partial charge in [0, 0.05) is 11.8 Å². The molecule has 20 heavy (non-hydrogen) atoms. The summed E-state index contributed by atoms with van der Waals surface area (Å²) in [6, 6.07) is 9.96. The summed E-state index contributed by atoms with van der Waals surface area (Å²) >= 11 is 6.06. The van der Waals surface area contributed by atoms with Crippen LogP contribution < -0.4 is 14.8 Å². The van der Waals surface area contributed by atoms with Gasteiger partial charge in [0.05, 0.1) is 16.3 Å². The zero-order valence-electron chi connectivity index (χ0n) is 10.2. The number of carboxylic acid groups (broad SMARTS) is 1. The molecule has 102 valence electrons. The summed E-state index contributed by atoms with van der Waals surface area (Å²) in [7, 11) is 0. The molecular formula is C14H10ClNO4. The molecule has 0 bridgehead atoms. The van der Waals surface area contributed by atoms with Crippen molar-refractivity contribution in [2.24, 2.45) is 0 Å². The van der Waals surface area contributed by atoms with Crippen molar-refractivity contribution in [2.75, 3.05) is 12.1 Å². The Bertz CT molecular complexity index is 687. The van der Waals surface area contributed by atoms with E-state index >= 15 is 0 Å². The number of aromatic carboxylic acids is 1. The van der Waals surface area contributed by atoms with E-state index in [9.17, 15) is 9.90 Å². The van der Waals surface area contributed by atoms with Crippen LogP contribution in [0.25, 0.3) is 0 Å². The van der Waals surface area contributed by atoms with Gasteiger partial charge in [-0.1, -0.05) is 17.7 Å². The number of anilines is 2. The molecule has 0 radical (unpaired) electrons. The predicted molar refractivity (Wildman–Crippen MR) is 74.3 cm³/mol. The summed E-state index contributed by atoms with van der Waals surface area (Å²) in [6.07, 6.45) is 0. The lowest BCUT2D eigenvalue weighted by atomic mass is 10.1. The van der Waals surface area contributed by atoms with Crippen LogP contribution in [0.15, 0.2) is 36.4 Å². The Balaban J connectivity index is 1.97. The van der Waals surface area contributed by atoms with Crippen LogP contribution in [0.4, 0.5) is 11.4 Å². The Morgan fingerprint density at radius 3 is 2.80 bits per heavy atom. The highest BCUT2D eigenvalue weighted by Gasteiger charge is 2.16. The second-order valence-corrected chi connectivity index (χ2v) is 4.57. The van der Waals surface area contributed by atoms with Crippen molar-refractivity contribution < 1.29 is 19.4 Å². The maximum absolute atomic E-state index is 11.2. The molecule has 2 aromatic rings. The van der Waals surface area contributed by atoms with Crippen molar-refractivity contribution in [1.29, 1.82) is 0 Å². The van der Waals surface area contributed by atoms with E-state index in [2.05, 4.69) is 5.32 Å². The highest BCUT2D eigenvalue weighted by Crippen LogP contribution is 2.36. The molecule has 1 aliphatic rings. The molecule has 0 unspecified atom stereocenters. The van der Waals surface area contributed by atoms with E-state index < -0.39 is 5.97 Å². The third-order valence-corrected chi connectivity index (χ3v) is 3.20. The molecule has 0 amide bonds. The zero-order chi connectivity index (χ0) is 14.1. The third-order valence-electron chi connectivity index (χ3n) is 2.89. The first-order chi connectivity index (χ1) is 9.65. The van der Waals surface area contributed by atoms with Crippen LogP contribution in [-0.4, -0.2) is 17.9 Å². The standard InChI is InChI=1S/C14H10ClNO4/c15-10-3-1-2-9(14(17)18)13(10)16-8-4-5-11-12(6-8)20-7-19-11/h1-6,16H,7H2,(H,17,18). The van der Waals surface area contributed by atoms with Gasteiger partial charge >= 0.3 is 5.97 Å². The van der Waals surface area contributed by atoms with Crippen LogP contribution in [0.2, 0.25) is 5.02 Å². The van der Waals surface area contributed by atoms with E-state index in [-0.39, 0.29) is 12.4 Å². The van der Waals surface area contributed by atoms with E-state index in [4.69, 9.17) is 21.1 Å². The molecule has 2 N–H and O–H groups in total. The second-order valence-electron chi connectivity index (χ2n) is 4.16. The number of para-hydroxylation sites is 1. The van der Waals surface area contributed by atoms with Crippen molar-refractivity contribution in [2.45, 2.75) is 0 Å². The molecule has 2 aromatic carbocycles. The molecule has 1 aliphatic heterocycles. The molecule has 0 aliphatic carbocycles. The van der Waals surface area contributed by atoms with Crippen LogP contribution in [0.5, 0.6) is 11.5 Å². The molecule has 0 saturated heterocycles. The number of nitrogens with one attached hydrogen (secondary N) is 1. The zero-order valence-corrected chi connectivity index (χ0v) is 11.0. The Labute approximate surface area is 119 Å². The Kier molecular flexibility index (Phi) is 3.12. The maximum atomic E-state index is 11.2. The van der Waals surface area contributed by atoms with Crippen molar-refractivity contribution in [3.63, 3.8) is 0 Å². The SMILES string of the molecule is O=C(O)c1cccc(Cl)c1Nc1ccc2c(c1)OCO2. The van der Waals surface area contributed by atoms with E-state index in [0.29, 0.717) is 27.9 Å². The predicted octanol–water partition coefficient (Wildman–Crippen LogP) is 3.51. The molecule has 0 fully saturated rings.